The van der Waals surface area contributed by atoms with Crippen LogP contribution in [-0.4, -0.2) is 12.6 Å². The summed E-state index contributed by atoms with van der Waals surface area (Å²) in [7, 11) is 0. The van der Waals surface area contributed by atoms with Crippen LogP contribution in [0.15, 0.2) is 17.5 Å². The Hall–Kier alpha value is -0.340. The Morgan fingerprint density at radius 1 is 1.25 bits per heavy atom. The van der Waals surface area contributed by atoms with Crippen molar-refractivity contribution < 1.29 is 0 Å². The van der Waals surface area contributed by atoms with Crippen LogP contribution in [0.25, 0.3) is 0 Å². The van der Waals surface area contributed by atoms with E-state index >= 15 is 0 Å². The van der Waals surface area contributed by atoms with Gasteiger partial charge in [0.15, 0.2) is 0 Å². The minimum absolute atomic E-state index is 0.262. The highest BCUT2D eigenvalue weighted by molar-refractivity contribution is 7.10. The van der Waals surface area contributed by atoms with Gasteiger partial charge in [-0.05, 0) is 42.5 Å². The molecule has 114 valence electrons. The van der Waals surface area contributed by atoms with E-state index < -0.39 is 0 Å². The number of hydrogen-bond acceptors (Lipinski definition) is 2. The maximum Gasteiger partial charge on any atom is 0.0115 e. The molecule has 1 aromatic rings. The van der Waals surface area contributed by atoms with Crippen molar-refractivity contribution in [2.24, 2.45) is 11.8 Å². The average Bonchev–Trinajstić information content (AvgIpc) is 2.83. The van der Waals surface area contributed by atoms with E-state index in [9.17, 15) is 0 Å². The van der Waals surface area contributed by atoms with Gasteiger partial charge >= 0.3 is 0 Å². The molecule has 1 fully saturated rings. The van der Waals surface area contributed by atoms with Gasteiger partial charge in [-0.2, -0.15) is 0 Å². The van der Waals surface area contributed by atoms with Gasteiger partial charge < -0.3 is 5.32 Å². The van der Waals surface area contributed by atoms with Crippen LogP contribution in [0.4, 0.5) is 0 Å². The standard InChI is InChI=1S/C18H31NS/c1-14(2)15-7-5-8-16(11-10-15)19-13-18(3,4)17-9-6-12-20-17/h6,9,12,14-16,19H,5,7-8,10-11,13H2,1-4H3. The summed E-state index contributed by atoms with van der Waals surface area (Å²) in [5.74, 6) is 1.81. The van der Waals surface area contributed by atoms with E-state index in [1.54, 1.807) is 0 Å². The van der Waals surface area contributed by atoms with Crippen LogP contribution < -0.4 is 5.32 Å². The van der Waals surface area contributed by atoms with Crippen molar-refractivity contribution in [1.29, 1.82) is 0 Å². The van der Waals surface area contributed by atoms with Crippen LogP contribution in [-0.2, 0) is 5.41 Å². The Balaban J connectivity index is 1.82. The van der Waals surface area contributed by atoms with Gasteiger partial charge in [-0.25, -0.2) is 0 Å². The summed E-state index contributed by atoms with van der Waals surface area (Å²) in [6.07, 6.45) is 6.98. The molecule has 1 aromatic heterocycles. The van der Waals surface area contributed by atoms with E-state index in [2.05, 4.69) is 50.5 Å². The first-order chi connectivity index (χ1) is 9.49. The maximum absolute atomic E-state index is 3.86. The van der Waals surface area contributed by atoms with Gasteiger partial charge in [-0.3, -0.25) is 0 Å². The lowest BCUT2D eigenvalue weighted by molar-refractivity contribution is 0.334. The zero-order valence-corrected chi connectivity index (χ0v) is 14.4. The summed E-state index contributed by atoms with van der Waals surface area (Å²) < 4.78 is 0. The fraction of sp³-hybridized carbons (Fsp3) is 0.778. The summed E-state index contributed by atoms with van der Waals surface area (Å²) in [6.45, 7) is 10.6. The van der Waals surface area contributed by atoms with Gasteiger partial charge in [-0.15, -0.1) is 11.3 Å². The average molecular weight is 294 g/mol. The molecule has 2 heteroatoms. The van der Waals surface area contributed by atoms with Crippen LogP contribution in [0.3, 0.4) is 0 Å². The van der Waals surface area contributed by atoms with Crippen LogP contribution in [0, 0.1) is 11.8 Å². The molecule has 0 aromatic carbocycles. The van der Waals surface area contributed by atoms with Crippen LogP contribution in [0.5, 0.6) is 0 Å². The lowest BCUT2D eigenvalue weighted by Crippen LogP contribution is -2.38. The topological polar surface area (TPSA) is 12.0 Å². The molecule has 1 aliphatic rings. The second kappa shape index (κ2) is 7.09. The highest BCUT2D eigenvalue weighted by Crippen LogP contribution is 2.30. The molecule has 1 saturated carbocycles. The first-order valence-electron chi connectivity index (χ1n) is 8.26. The lowest BCUT2D eigenvalue weighted by atomic mass is 9.88. The molecular formula is C18H31NS. The van der Waals surface area contributed by atoms with Crippen LogP contribution >= 0.6 is 11.3 Å². The van der Waals surface area contributed by atoms with E-state index in [1.165, 1.54) is 37.0 Å². The second-order valence-corrected chi connectivity index (χ2v) is 8.40. The highest BCUT2D eigenvalue weighted by atomic mass is 32.1. The smallest absolute Gasteiger partial charge is 0.0115 e. The second-order valence-electron chi connectivity index (χ2n) is 7.45. The summed E-state index contributed by atoms with van der Waals surface area (Å²) in [6, 6.07) is 5.17. The Labute approximate surface area is 129 Å². The van der Waals surface area contributed by atoms with Crippen molar-refractivity contribution >= 4 is 11.3 Å². The molecule has 2 atom stereocenters. The number of nitrogens with one attached hydrogen (secondary N) is 1. The third-order valence-corrected chi connectivity index (χ3v) is 6.21. The van der Waals surface area contributed by atoms with Crippen molar-refractivity contribution in [3.05, 3.63) is 22.4 Å². The lowest BCUT2D eigenvalue weighted by Gasteiger charge is -2.27. The molecule has 1 nitrogen and oxygen atoms in total. The zero-order chi connectivity index (χ0) is 14.6. The molecule has 0 spiro atoms. The van der Waals surface area contributed by atoms with Gasteiger partial charge in [0.25, 0.3) is 0 Å². The fourth-order valence-corrected chi connectivity index (χ4v) is 4.20. The van der Waals surface area contributed by atoms with E-state index in [0.29, 0.717) is 0 Å². The molecule has 0 bridgehead atoms. The summed E-state index contributed by atoms with van der Waals surface area (Å²) in [5.41, 5.74) is 0.262. The van der Waals surface area contributed by atoms with E-state index in [1.807, 2.05) is 11.3 Å². The third kappa shape index (κ3) is 4.33. The van der Waals surface area contributed by atoms with Crippen molar-refractivity contribution in [1.82, 2.24) is 5.32 Å². The summed E-state index contributed by atoms with van der Waals surface area (Å²) in [5, 5.41) is 6.05. The predicted octanol–water partition coefficient (Wildman–Crippen LogP) is 5.22. The van der Waals surface area contributed by atoms with E-state index in [4.69, 9.17) is 0 Å². The number of thiophene rings is 1. The third-order valence-electron chi connectivity index (χ3n) is 4.98. The van der Waals surface area contributed by atoms with Gasteiger partial charge in [0, 0.05) is 22.9 Å². The largest absolute Gasteiger partial charge is 0.313 e. The van der Waals surface area contributed by atoms with E-state index in [0.717, 1.165) is 24.4 Å². The Morgan fingerprint density at radius 3 is 2.70 bits per heavy atom. The predicted molar refractivity (Wildman–Crippen MR) is 90.5 cm³/mol. The minimum atomic E-state index is 0.262. The molecule has 1 heterocycles. The normalized spacial score (nSPS) is 24.9. The molecule has 0 radical (unpaired) electrons. The first kappa shape index (κ1) is 16.0. The molecule has 0 aliphatic heterocycles. The molecule has 1 N–H and O–H groups in total. The van der Waals surface area contributed by atoms with Crippen molar-refractivity contribution in [3.63, 3.8) is 0 Å². The Morgan fingerprint density at radius 2 is 2.05 bits per heavy atom. The van der Waals surface area contributed by atoms with Crippen molar-refractivity contribution in [2.75, 3.05) is 6.54 Å². The zero-order valence-electron chi connectivity index (χ0n) is 13.6. The quantitative estimate of drug-likeness (QED) is 0.734. The van der Waals surface area contributed by atoms with Gasteiger partial charge in [0.2, 0.25) is 0 Å². The maximum atomic E-state index is 3.86. The monoisotopic (exact) mass is 293 g/mol. The first-order valence-corrected chi connectivity index (χ1v) is 9.14. The molecule has 0 amide bonds. The minimum Gasteiger partial charge on any atom is -0.313 e. The van der Waals surface area contributed by atoms with E-state index in [-0.39, 0.29) is 5.41 Å². The number of rotatable bonds is 5. The summed E-state index contributed by atoms with van der Waals surface area (Å²) >= 11 is 1.88. The SMILES string of the molecule is CC(C)C1CCCC(NCC(C)(C)c2cccs2)CC1. The molecule has 20 heavy (non-hydrogen) atoms. The van der Waals surface area contributed by atoms with Gasteiger partial charge in [0.05, 0.1) is 0 Å². The fourth-order valence-electron chi connectivity index (χ4n) is 3.35. The molecule has 0 saturated heterocycles. The van der Waals surface area contributed by atoms with Crippen molar-refractivity contribution in [3.8, 4) is 0 Å². The Bertz CT molecular complexity index is 380. The molecular weight excluding hydrogens is 262 g/mol. The molecule has 1 aliphatic carbocycles. The van der Waals surface area contributed by atoms with Crippen LogP contribution in [0.2, 0.25) is 0 Å². The van der Waals surface area contributed by atoms with Crippen LogP contribution in [0.1, 0.15) is 64.7 Å². The van der Waals surface area contributed by atoms with Gasteiger partial charge in [0.1, 0.15) is 0 Å². The summed E-state index contributed by atoms with van der Waals surface area (Å²) in [4.78, 5) is 1.50. The highest BCUT2D eigenvalue weighted by Gasteiger charge is 2.25. The number of hydrogen-bond donors (Lipinski definition) is 1. The van der Waals surface area contributed by atoms with Gasteiger partial charge in [-0.1, -0.05) is 46.6 Å². The Kier molecular flexibility index (Phi) is 5.68. The molecule has 2 unspecified atom stereocenters. The van der Waals surface area contributed by atoms with Crippen molar-refractivity contribution in [2.45, 2.75) is 71.3 Å². The molecule has 2 rings (SSSR count).